The van der Waals surface area contributed by atoms with Gasteiger partial charge in [0.15, 0.2) is 5.01 Å². The number of nitrogens with one attached hydrogen (secondary N) is 1. The van der Waals surface area contributed by atoms with Crippen LogP contribution in [0, 0.1) is 5.82 Å². The van der Waals surface area contributed by atoms with Gasteiger partial charge in [-0.05, 0) is 37.1 Å². The number of anilines is 1. The van der Waals surface area contributed by atoms with Crippen molar-refractivity contribution in [1.29, 1.82) is 0 Å². The monoisotopic (exact) mass is 382 g/mol. The van der Waals surface area contributed by atoms with E-state index in [0.29, 0.717) is 23.7 Å². The number of halogens is 1. The molecule has 4 rings (SSSR count). The Balaban J connectivity index is 1.46. The van der Waals surface area contributed by atoms with E-state index >= 15 is 0 Å². The van der Waals surface area contributed by atoms with E-state index in [1.165, 1.54) is 17.4 Å². The Morgan fingerprint density at radius 2 is 1.89 bits per heavy atom. The van der Waals surface area contributed by atoms with Crippen molar-refractivity contribution in [2.75, 3.05) is 18.4 Å². The summed E-state index contributed by atoms with van der Waals surface area (Å²) in [6, 6.07) is 15.9. The molecule has 0 saturated carbocycles. The largest absolute Gasteiger partial charge is 0.324 e. The van der Waals surface area contributed by atoms with Gasteiger partial charge in [0.1, 0.15) is 10.8 Å². The maximum absolute atomic E-state index is 14.0. The molecule has 1 aliphatic heterocycles. The summed E-state index contributed by atoms with van der Waals surface area (Å²) in [6.07, 6.45) is 1.85. The van der Waals surface area contributed by atoms with Crippen LogP contribution in [0.15, 0.2) is 54.6 Å². The third kappa shape index (κ3) is 3.98. The maximum atomic E-state index is 14.0. The Morgan fingerprint density at radius 3 is 2.70 bits per heavy atom. The molecule has 7 heteroatoms. The molecule has 0 radical (unpaired) electrons. The predicted molar refractivity (Wildman–Crippen MR) is 104 cm³/mol. The van der Waals surface area contributed by atoms with E-state index in [4.69, 9.17) is 0 Å². The van der Waals surface area contributed by atoms with Crippen LogP contribution >= 0.6 is 11.3 Å². The molecular weight excluding hydrogens is 363 g/mol. The highest BCUT2D eigenvalue weighted by atomic mass is 32.1. The fourth-order valence-corrected chi connectivity index (χ4v) is 4.23. The highest BCUT2D eigenvalue weighted by Gasteiger charge is 2.27. The van der Waals surface area contributed by atoms with Crippen LogP contribution in [-0.4, -0.2) is 34.2 Å². The minimum Gasteiger partial charge on any atom is -0.324 e. The molecule has 1 aliphatic rings. The molecule has 0 spiro atoms. The van der Waals surface area contributed by atoms with E-state index < -0.39 is 0 Å². The van der Waals surface area contributed by atoms with Gasteiger partial charge in [-0.25, -0.2) is 9.18 Å². The van der Waals surface area contributed by atoms with Crippen LogP contribution in [0.1, 0.15) is 23.8 Å². The van der Waals surface area contributed by atoms with Gasteiger partial charge in [0.25, 0.3) is 0 Å². The second kappa shape index (κ2) is 7.84. The van der Waals surface area contributed by atoms with Crippen LogP contribution in [0.2, 0.25) is 0 Å². The number of hydrogen-bond donors (Lipinski definition) is 1. The normalized spacial score (nSPS) is 16.9. The first kappa shape index (κ1) is 17.6. The number of amides is 2. The van der Waals surface area contributed by atoms with Crippen molar-refractivity contribution in [1.82, 2.24) is 15.1 Å². The van der Waals surface area contributed by atoms with Crippen LogP contribution in [0.25, 0.3) is 10.6 Å². The van der Waals surface area contributed by atoms with Crippen molar-refractivity contribution in [2.24, 2.45) is 0 Å². The minimum absolute atomic E-state index is 0.107. The average molecular weight is 382 g/mol. The van der Waals surface area contributed by atoms with Crippen LogP contribution in [0.4, 0.5) is 14.9 Å². The standard InChI is InChI=1S/C20H19FN4OS/c21-17-11-5-4-10-16(17)19-24-23-18(27-19)14-7-6-12-25(13-14)20(26)22-15-8-2-1-3-9-15/h1-5,8-11,14H,6-7,12-13H2,(H,22,26). The summed E-state index contributed by atoms with van der Waals surface area (Å²) >= 11 is 1.40. The van der Waals surface area contributed by atoms with Gasteiger partial charge in [0, 0.05) is 30.3 Å². The average Bonchev–Trinajstić information content (AvgIpc) is 3.19. The maximum Gasteiger partial charge on any atom is 0.321 e. The molecular formula is C20H19FN4OS. The van der Waals surface area contributed by atoms with Gasteiger partial charge in [-0.2, -0.15) is 0 Å². The third-order valence-electron chi connectivity index (χ3n) is 4.63. The second-order valence-corrected chi connectivity index (χ2v) is 7.52. The Morgan fingerprint density at radius 1 is 1.11 bits per heavy atom. The number of para-hydroxylation sites is 1. The van der Waals surface area contributed by atoms with Crippen LogP contribution < -0.4 is 5.32 Å². The lowest BCUT2D eigenvalue weighted by molar-refractivity contribution is 0.192. The number of carbonyl (C=O) groups excluding carboxylic acids is 1. The summed E-state index contributed by atoms with van der Waals surface area (Å²) in [7, 11) is 0. The van der Waals surface area contributed by atoms with Gasteiger partial charge in [-0.1, -0.05) is 41.7 Å². The molecule has 0 bridgehead atoms. The van der Waals surface area contributed by atoms with Gasteiger partial charge in [-0.3, -0.25) is 0 Å². The highest BCUT2D eigenvalue weighted by molar-refractivity contribution is 7.14. The lowest BCUT2D eigenvalue weighted by Crippen LogP contribution is -2.41. The molecule has 1 fully saturated rings. The quantitative estimate of drug-likeness (QED) is 0.711. The molecule has 27 heavy (non-hydrogen) atoms. The minimum atomic E-state index is -0.298. The van der Waals surface area contributed by atoms with Gasteiger partial charge in [0.2, 0.25) is 0 Å². The molecule has 0 aliphatic carbocycles. The zero-order valence-corrected chi connectivity index (χ0v) is 15.5. The summed E-state index contributed by atoms with van der Waals surface area (Å²) in [4.78, 5) is 14.4. The molecule has 138 valence electrons. The predicted octanol–water partition coefficient (Wildman–Crippen LogP) is 4.76. The van der Waals surface area contributed by atoms with Crippen molar-refractivity contribution >= 4 is 23.1 Å². The summed E-state index contributed by atoms with van der Waals surface area (Å²) in [6.45, 7) is 1.30. The number of hydrogen-bond acceptors (Lipinski definition) is 4. The smallest absolute Gasteiger partial charge is 0.321 e. The summed E-state index contributed by atoms with van der Waals surface area (Å²) in [5.41, 5.74) is 1.25. The fourth-order valence-electron chi connectivity index (χ4n) is 3.23. The van der Waals surface area contributed by atoms with Crippen molar-refractivity contribution in [3.8, 4) is 10.6 Å². The number of likely N-dealkylation sites (tertiary alicyclic amines) is 1. The van der Waals surface area contributed by atoms with E-state index in [1.54, 1.807) is 18.2 Å². The van der Waals surface area contributed by atoms with Crippen molar-refractivity contribution in [3.05, 3.63) is 65.4 Å². The van der Waals surface area contributed by atoms with Crippen LogP contribution in [-0.2, 0) is 0 Å². The van der Waals surface area contributed by atoms with E-state index in [2.05, 4.69) is 15.5 Å². The Bertz CT molecular complexity index is 930. The number of carbonyl (C=O) groups is 1. The summed E-state index contributed by atoms with van der Waals surface area (Å²) in [5, 5.41) is 12.8. The topological polar surface area (TPSA) is 58.1 Å². The molecule has 1 N–H and O–H groups in total. The van der Waals surface area contributed by atoms with Gasteiger partial charge < -0.3 is 10.2 Å². The number of aromatic nitrogens is 2. The number of rotatable bonds is 3. The molecule has 2 aromatic carbocycles. The van der Waals surface area contributed by atoms with Crippen LogP contribution in [0.3, 0.4) is 0 Å². The van der Waals surface area contributed by atoms with E-state index in [1.807, 2.05) is 35.2 Å². The first-order valence-corrected chi connectivity index (χ1v) is 9.71. The summed E-state index contributed by atoms with van der Waals surface area (Å²) < 4.78 is 14.0. The fraction of sp³-hybridized carbons (Fsp3) is 0.250. The van der Waals surface area contributed by atoms with Crippen molar-refractivity contribution in [2.45, 2.75) is 18.8 Å². The lowest BCUT2D eigenvalue weighted by atomic mass is 9.99. The molecule has 5 nitrogen and oxygen atoms in total. The number of piperidine rings is 1. The van der Waals surface area contributed by atoms with Crippen LogP contribution in [0.5, 0.6) is 0 Å². The van der Waals surface area contributed by atoms with E-state index in [0.717, 1.165) is 23.5 Å². The van der Waals surface area contributed by atoms with E-state index in [-0.39, 0.29) is 17.8 Å². The molecule has 2 heterocycles. The zero-order valence-electron chi connectivity index (χ0n) is 14.6. The SMILES string of the molecule is O=C(Nc1ccccc1)N1CCCC(c2nnc(-c3ccccc3F)s2)C1. The Hall–Kier alpha value is -2.80. The molecule has 3 aromatic rings. The first-order valence-electron chi connectivity index (χ1n) is 8.90. The number of benzene rings is 2. The summed E-state index contributed by atoms with van der Waals surface area (Å²) in [5.74, 6) is -0.175. The van der Waals surface area contributed by atoms with Gasteiger partial charge in [-0.15, -0.1) is 10.2 Å². The third-order valence-corrected chi connectivity index (χ3v) is 5.75. The number of nitrogens with zero attached hydrogens (tertiary/aromatic N) is 3. The first-order chi connectivity index (χ1) is 13.2. The highest BCUT2D eigenvalue weighted by Crippen LogP contribution is 2.33. The molecule has 1 saturated heterocycles. The van der Waals surface area contributed by atoms with Gasteiger partial charge in [0.05, 0.1) is 0 Å². The van der Waals surface area contributed by atoms with Crippen molar-refractivity contribution in [3.63, 3.8) is 0 Å². The second-order valence-electron chi connectivity index (χ2n) is 6.51. The zero-order chi connectivity index (χ0) is 18.6. The Kier molecular flexibility index (Phi) is 5.11. The molecule has 2 amide bonds. The van der Waals surface area contributed by atoms with Crippen molar-refractivity contribution < 1.29 is 9.18 Å². The number of urea groups is 1. The molecule has 1 unspecified atom stereocenters. The van der Waals surface area contributed by atoms with Gasteiger partial charge >= 0.3 is 6.03 Å². The molecule has 1 atom stereocenters. The lowest BCUT2D eigenvalue weighted by Gasteiger charge is -2.31. The Labute approximate surface area is 160 Å². The van der Waals surface area contributed by atoms with E-state index in [9.17, 15) is 9.18 Å². The molecule has 1 aromatic heterocycles.